The summed E-state index contributed by atoms with van der Waals surface area (Å²) in [6.45, 7) is 7.30. The molecule has 3 aromatic rings. The van der Waals surface area contributed by atoms with Crippen molar-refractivity contribution in [3.63, 3.8) is 0 Å². The van der Waals surface area contributed by atoms with E-state index in [2.05, 4.69) is 5.32 Å². The van der Waals surface area contributed by atoms with Gasteiger partial charge in [-0.15, -0.1) is 0 Å². The standard InChI is InChI=1S/C31H38ClN3O5S/c1-5-23(3)33-31(37)24(4)34(21-20-25-12-8-7-9-13-25)30(36)22-35(28-14-10-11-15-29(28)40-6-2)41(38,39)27-18-16-26(32)17-19-27/h7-19,23-24H,5-6,20-22H2,1-4H3,(H,33,37)/t23-,24+/m1/s1. The van der Waals surface area contributed by atoms with Crippen LogP contribution in [0.1, 0.15) is 39.7 Å². The van der Waals surface area contributed by atoms with Gasteiger partial charge in [-0.2, -0.15) is 0 Å². The Morgan fingerprint density at radius 3 is 2.20 bits per heavy atom. The second kappa shape index (κ2) is 14.9. The van der Waals surface area contributed by atoms with E-state index in [0.717, 1.165) is 16.3 Å². The van der Waals surface area contributed by atoms with Gasteiger partial charge in [-0.05, 0) is 75.6 Å². The zero-order chi connectivity index (χ0) is 30.0. The van der Waals surface area contributed by atoms with E-state index in [-0.39, 0.29) is 29.1 Å². The molecule has 10 heteroatoms. The van der Waals surface area contributed by atoms with Crippen LogP contribution in [0, 0.1) is 0 Å². The highest BCUT2D eigenvalue weighted by Gasteiger charge is 2.33. The third-order valence-electron chi connectivity index (χ3n) is 6.77. The van der Waals surface area contributed by atoms with Gasteiger partial charge in [-0.3, -0.25) is 13.9 Å². The molecule has 1 N–H and O–H groups in total. The van der Waals surface area contributed by atoms with Gasteiger partial charge in [0.25, 0.3) is 10.0 Å². The van der Waals surface area contributed by atoms with E-state index in [9.17, 15) is 18.0 Å². The van der Waals surface area contributed by atoms with E-state index in [1.807, 2.05) is 44.2 Å². The van der Waals surface area contributed by atoms with Gasteiger partial charge in [-0.1, -0.05) is 61.0 Å². The average Bonchev–Trinajstić information content (AvgIpc) is 2.97. The second-order valence-electron chi connectivity index (χ2n) is 9.68. The summed E-state index contributed by atoms with van der Waals surface area (Å²) in [5.41, 5.74) is 1.21. The topological polar surface area (TPSA) is 96.0 Å². The normalized spacial score (nSPS) is 12.7. The maximum absolute atomic E-state index is 14.0. The van der Waals surface area contributed by atoms with Crippen molar-refractivity contribution in [3.05, 3.63) is 89.4 Å². The monoisotopic (exact) mass is 599 g/mol. The van der Waals surface area contributed by atoms with Crippen molar-refractivity contribution in [1.29, 1.82) is 0 Å². The summed E-state index contributed by atoms with van der Waals surface area (Å²) >= 11 is 6.02. The molecular formula is C31H38ClN3O5S. The SMILES string of the molecule is CCOc1ccccc1N(CC(=O)N(CCc1ccccc1)[C@@H](C)C(=O)N[C@H](C)CC)S(=O)(=O)c1ccc(Cl)cc1. The number of carbonyl (C=O) groups is 2. The Morgan fingerprint density at radius 2 is 1.56 bits per heavy atom. The van der Waals surface area contributed by atoms with E-state index in [4.69, 9.17) is 16.3 Å². The third-order valence-corrected chi connectivity index (χ3v) is 8.79. The summed E-state index contributed by atoms with van der Waals surface area (Å²) < 4.78 is 34.8. The van der Waals surface area contributed by atoms with Gasteiger partial charge in [0.05, 0.1) is 17.2 Å². The molecule has 0 heterocycles. The number of hydrogen-bond donors (Lipinski definition) is 1. The van der Waals surface area contributed by atoms with Crippen LogP contribution in [-0.4, -0.2) is 56.9 Å². The molecule has 3 aromatic carbocycles. The van der Waals surface area contributed by atoms with Crippen molar-refractivity contribution < 1.29 is 22.7 Å². The second-order valence-corrected chi connectivity index (χ2v) is 12.0. The number of halogens is 1. The van der Waals surface area contributed by atoms with Crippen molar-refractivity contribution >= 4 is 39.1 Å². The van der Waals surface area contributed by atoms with E-state index in [0.29, 0.717) is 23.8 Å². The van der Waals surface area contributed by atoms with Gasteiger partial charge in [0.2, 0.25) is 11.8 Å². The van der Waals surface area contributed by atoms with Crippen LogP contribution >= 0.6 is 11.6 Å². The number of carbonyl (C=O) groups excluding carboxylic acids is 2. The van der Waals surface area contributed by atoms with Crippen molar-refractivity contribution in [3.8, 4) is 5.75 Å². The lowest BCUT2D eigenvalue weighted by Gasteiger charge is -2.32. The molecule has 8 nitrogen and oxygen atoms in total. The quantitative estimate of drug-likeness (QED) is 0.271. The predicted molar refractivity (Wildman–Crippen MR) is 163 cm³/mol. The largest absolute Gasteiger partial charge is 0.492 e. The minimum atomic E-state index is -4.23. The average molecular weight is 600 g/mol. The molecule has 0 unspecified atom stereocenters. The first-order valence-electron chi connectivity index (χ1n) is 13.7. The fraction of sp³-hybridized carbons (Fsp3) is 0.355. The number of nitrogens with one attached hydrogen (secondary N) is 1. The van der Waals surface area contributed by atoms with Gasteiger partial charge in [0, 0.05) is 17.6 Å². The Morgan fingerprint density at radius 1 is 0.927 bits per heavy atom. The van der Waals surface area contributed by atoms with Gasteiger partial charge in [-0.25, -0.2) is 8.42 Å². The van der Waals surface area contributed by atoms with Crippen molar-refractivity contribution in [2.45, 2.75) is 57.5 Å². The number of benzene rings is 3. The van der Waals surface area contributed by atoms with Gasteiger partial charge >= 0.3 is 0 Å². The highest BCUT2D eigenvalue weighted by Crippen LogP contribution is 2.33. The van der Waals surface area contributed by atoms with Crippen LogP contribution in [0.3, 0.4) is 0 Å². The molecule has 0 spiro atoms. The van der Waals surface area contributed by atoms with E-state index < -0.39 is 28.5 Å². The van der Waals surface area contributed by atoms with E-state index >= 15 is 0 Å². The predicted octanol–water partition coefficient (Wildman–Crippen LogP) is 5.31. The molecule has 0 bridgehead atoms. The summed E-state index contributed by atoms with van der Waals surface area (Å²) in [7, 11) is -4.23. The Labute approximate surface area is 248 Å². The molecule has 0 aliphatic carbocycles. The highest BCUT2D eigenvalue weighted by molar-refractivity contribution is 7.92. The molecule has 0 aliphatic rings. The number of rotatable bonds is 14. The van der Waals surface area contributed by atoms with Crippen LogP contribution in [0.4, 0.5) is 5.69 Å². The summed E-state index contributed by atoms with van der Waals surface area (Å²) in [5, 5.41) is 3.32. The first-order valence-corrected chi connectivity index (χ1v) is 15.5. The van der Waals surface area contributed by atoms with Crippen molar-refractivity contribution in [2.24, 2.45) is 0 Å². The van der Waals surface area contributed by atoms with Gasteiger partial charge < -0.3 is 15.0 Å². The van der Waals surface area contributed by atoms with Crippen molar-refractivity contribution in [1.82, 2.24) is 10.2 Å². The highest BCUT2D eigenvalue weighted by atomic mass is 35.5. The fourth-order valence-electron chi connectivity index (χ4n) is 4.22. The Hall–Kier alpha value is -3.56. The molecule has 0 fully saturated rings. The number of anilines is 1. The lowest BCUT2D eigenvalue weighted by molar-refractivity contribution is -0.139. The van der Waals surface area contributed by atoms with Crippen LogP contribution in [0.5, 0.6) is 5.75 Å². The number of amides is 2. The fourth-order valence-corrected chi connectivity index (χ4v) is 5.77. The summed E-state index contributed by atoms with van der Waals surface area (Å²) in [5.74, 6) is -0.502. The minimum absolute atomic E-state index is 0.0283. The summed E-state index contributed by atoms with van der Waals surface area (Å²) in [6.07, 6.45) is 1.23. The first-order chi connectivity index (χ1) is 19.6. The molecule has 2 amide bonds. The number of nitrogens with zero attached hydrogens (tertiary/aromatic N) is 2. The zero-order valence-corrected chi connectivity index (χ0v) is 25.5. The lowest BCUT2D eigenvalue weighted by atomic mass is 10.1. The Kier molecular flexibility index (Phi) is 11.6. The summed E-state index contributed by atoms with van der Waals surface area (Å²) in [4.78, 5) is 28.6. The molecule has 3 rings (SSSR count). The van der Waals surface area contributed by atoms with Crippen LogP contribution in [0.25, 0.3) is 0 Å². The van der Waals surface area contributed by atoms with Crippen LogP contribution in [-0.2, 0) is 26.0 Å². The van der Waals surface area contributed by atoms with Crippen LogP contribution in [0.15, 0.2) is 83.8 Å². The molecule has 41 heavy (non-hydrogen) atoms. The summed E-state index contributed by atoms with van der Waals surface area (Å²) in [6, 6.07) is 21.1. The molecule has 0 saturated carbocycles. The number of ether oxygens (including phenoxy) is 1. The lowest BCUT2D eigenvalue weighted by Crippen LogP contribution is -2.53. The van der Waals surface area contributed by atoms with Crippen LogP contribution < -0.4 is 14.4 Å². The third kappa shape index (κ3) is 8.47. The first kappa shape index (κ1) is 32.0. The number of para-hydroxylation sites is 2. The minimum Gasteiger partial charge on any atom is -0.492 e. The Bertz CT molecular complexity index is 1400. The number of hydrogen-bond acceptors (Lipinski definition) is 5. The molecule has 0 saturated heterocycles. The maximum Gasteiger partial charge on any atom is 0.264 e. The molecule has 0 aromatic heterocycles. The molecule has 0 radical (unpaired) electrons. The number of sulfonamides is 1. The molecule has 2 atom stereocenters. The smallest absolute Gasteiger partial charge is 0.264 e. The Balaban J connectivity index is 2.02. The molecule has 0 aliphatic heterocycles. The van der Waals surface area contributed by atoms with Crippen LogP contribution in [0.2, 0.25) is 5.02 Å². The van der Waals surface area contributed by atoms with E-state index in [1.54, 1.807) is 38.1 Å². The zero-order valence-electron chi connectivity index (χ0n) is 23.9. The molecular weight excluding hydrogens is 562 g/mol. The van der Waals surface area contributed by atoms with Gasteiger partial charge in [0.1, 0.15) is 18.3 Å². The van der Waals surface area contributed by atoms with E-state index in [1.165, 1.54) is 29.2 Å². The maximum atomic E-state index is 14.0. The van der Waals surface area contributed by atoms with Crippen molar-refractivity contribution in [2.75, 3.05) is 24.0 Å². The molecule has 220 valence electrons. The van der Waals surface area contributed by atoms with Gasteiger partial charge in [0.15, 0.2) is 0 Å².